The number of aliphatic hydroxyl groups excluding tert-OH is 1. The Hall–Kier alpha value is -1.52. The highest BCUT2D eigenvalue weighted by atomic mass is 16.3. The number of aliphatic hydroxyl groups is 1. The molecule has 18 heavy (non-hydrogen) atoms. The average molecular weight is 245 g/mol. The van der Waals surface area contributed by atoms with Crippen LogP contribution in [0.25, 0.3) is 11.0 Å². The van der Waals surface area contributed by atoms with E-state index in [-0.39, 0.29) is 0 Å². The van der Waals surface area contributed by atoms with Crippen molar-refractivity contribution in [3.05, 3.63) is 36.2 Å². The first-order valence-electron chi connectivity index (χ1n) is 6.36. The van der Waals surface area contributed by atoms with Crippen molar-refractivity contribution in [1.29, 1.82) is 0 Å². The highest BCUT2D eigenvalue weighted by molar-refractivity contribution is 5.73. The number of likely N-dealkylation sites (N-methyl/N-ethyl adjacent to an activating group) is 1. The van der Waals surface area contributed by atoms with Crippen molar-refractivity contribution in [2.75, 3.05) is 19.6 Å². The number of para-hydroxylation sites is 2. The Morgan fingerprint density at radius 3 is 2.50 bits per heavy atom. The normalized spacial score (nSPS) is 13.1. The van der Waals surface area contributed by atoms with Crippen molar-refractivity contribution in [1.82, 2.24) is 14.9 Å². The molecule has 96 valence electrons. The summed E-state index contributed by atoms with van der Waals surface area (Å²) in [6.07, 6.45) is 1.08. The third-order valence-electron chi connectivity index (χ3n) is 3.13. The summed E-state index contributed by atoms with van der Waals surface area (Å²) in [4.78, 5) is 10.9. The second-order valence-corrected chi connectivity index (χ2v) is 4.29. The van der Waals surface area contributed by atoms with Gasteiger partial charge < -0.3 is 10.0 Å². The van der Waals surface area contributed by atoms with E-state index in [1.807, 2.05) is 24.3 Å². The van der Waals surface area contributed by atoms with E-state index < -0.39 is 6.10 Å². The van der Waals surface area contributed by atoms with E-state index in [0.717, 1.165) is 24.1 Å². The number of nitrogens with zero attached hydrogens (tertiary/aromatic N) is 3. The van der Waals surface area contributed by atoms with E-state index in [1.165, 1.54) is 0 Å². The van der Waals surface area contributed by atoms with Gasteiger partial charge in [0.15, 0.2) is 0 Å². The van der Waals surface area contributed by atoms with Gasteiger partial charge in [0, 0.05) is 6.54 Å². The van der Waals surface area contributed by atoms with E-state index >= 15 is 0 Å². The maximum absolute atomic E-state index is 10.2. The first-order chi connectivity index (χ1) is 8.74. The van der Waals surface area contributed by atoms with Crippen molar-refractivity contribution < 1.29 is 5.11 Å². The van der Waals surface area contributed by atoms with Crippen LogP contribution in [0.15, 0.2) is 30.5 Å². The van der Waals surface area contributed by atoms with E-state index in [0.29, 0.717) is 12.2 Å². The van der Waals surface area contributed by atoms with Gasteiger partial charge in [-0.2, -0.15) is 0 Å². The minimum absolute atomic E-state index is 0.581. The molecule has 0 aliphatic carbocycles. The third kappa shape index (κ3) is 2.83. The fourth-order valence-electron chi connectivity index (χ4n) is 1.95. The lowest BCUT2D eigenvalue weighted by Crippen LogP contribution is -2.28. The van der Waals surface area contributed by atoms with Gasteiger partial charge in [-0.25, -0.2) is 4.98 Å². The van der Waals surface area contributed by atoms with Crippen LogP contribution in [0.2, 0.25) is 0 Å². The molecule has 0 saturated carbocycles. The number of fused-ring (bicyclic) bond motifs is 1. The van der Waals surface area contributed by atoms with Gasteiger partial charge in [0.05, 0.1) is 22.9 Å². The van der Waals surface area contributed by atoms with Crippen LogP contribution < -0.4 is 0 Å². The predicted molar refractivity (Wildman–Crippen MR) is 72.3 cm³/mol. The molecule has 0 unspecified atom stereocenters. The van der Waals surface area contributed by atoms with Crippen LogP contribution in [0.5, 0.6) is 0 Å². The minimum atomic E-state index is -0.581. The molecule has 1 atom stereocenters. The Labute approximate surface area is 107 Å². The number of aromatic nitrogens is 2. The fourth-order valence-corrected chi connectivity index (χ4v) is 1.95. The van der Waals surface area contributed by atoms with Crippen molar-refractivity contribution in [3.8, 4) is 0 Å². The number of hydrogen-bond donors (Lipinski definition) is 1. The van der Waals surface area contributed by atoms with Crippen molar-refractivity contribution >= 4 is 11.0 Å². The maximum Gasteiger partial charge on any atom is 0.110 e. The van der Waals surface area contributed by atoms with Crippen LogP contribution in [0.3, 0.4) is 0 Å². The summed E-state index contributed by atoms with van der Waals surface area (Å²) in [6, 6.07) is 7.69. The summed E-state index contributed by atoms with van der Waals surface area (Å²) in [6.45, 7) is 6.62. The topological polar surface area (TPSA) is 49.2 Å². The molecule has 0 saturated heterocycles. The maximum atomic E-state index is 10.2. The fraction of sp³-hybridized carbons (Fsp3) is 0.429. The second-order valence-electron chi connectivity index (χ2n) is 4.29. The first-order valence-corrected chi connectivity index (χ1v) is 6.36. The average Bonchev–Trinajstić information content (AvgIpc) is 2.44. The van der Waals surface area contributed by atoms with E-state index in [9.17, 15) is 5.11 Å². The molecule has 0 fully saturated rings. The molecule has 4 nitrogen and oxygen atoms in total. The molecule has 0 amide bonds. The Kier molecular flexibility index (Phi) is 4.23. The Bertz CT molecular complexity index is 511. The zero-order valence-electron chi connectivity index (χ0n) is 10.9. The standard InChI is InChI=1S/C14H19N3O/c1-3-17(4-2)10-14(18)13-9-15-11-7-5-6-8-12(11)16-13/h5-9,14,18H,3-4,10H2,1-2H3/t14-/m0/s1. The molecule has 1 aromatic carbocycles. The molecule has 0 aliphatic heterocycles. The quantitative estimate of drug-likeness (QED) is 0.875. The van der Waals surface area contributed by atoms with Gasteiger partial charge in [-0.05, 0) is 25.2 Å². The summed E-state index contributed by atoms with van der Waals surface area (Å²) in [7, 11) is 0. The zero-order valence-corrected chi connectivity index (χ0v) is 10.9. The number of rotatable bonds is 5. The van der Waals surface area contributed by atoms with E-state index in [2.05, 4.69) is 28.7 Å². The molecule has 0 bridgehead atoms. The van der Waals surface area contributed by atoms with Gasteiger partial charge in [0.1, 0.15) is 6.10 Å². The highest BCUT2D eigenvalue weighted by Gasteiger charge is 2.13. The summed E-state index contributed by atoms with van der Waals surface area (Å²) in [5, 5.41) is 10.2. The molecular weight excluding hydrogens is 226 g/mol. The summed E-state index contributed by atoms with van der Waals surface area (Å²) < 4.78 is 0. The predicted octanol–water partition coefficient (Wildman–Crippen LogP) is 2.00. The monoisotopic (exact) mass is 245 g/mol. The molecule has 2 rings (SSSR count). The van der Waals surface area contributed by atoms with Crippen molar-refractivity contribution in [2.24, 2.45) is 0 Å². The van der Waals surface area contributed by atoms with Crippen LogP contribution in [0, 0.1) is 0 Å². The molecule has 0 aliphatic rings. The second kappa shape index (κ2) is 5.89. The largest absolute Gasteiger partial charge is 0.385 e. The van der Waals surface area contributed by atoms with Crippen LogP contribution in [-0.4, -0.2) is 39.6 Å². The summed E-state index contributed by atoms with van der Waals surface area (Å²) in [5.41, 5.74) is 2.32. The van der Waals surface area contributed by atoms with Crippen molar-refractivity contribution in [3.63, 3.8) is 0 Å². The molecule has 1 aromatic heterocycles. The highest BCUT2D eigenvalue weighted by Crippen LogP contribution is 2.15. The summed E-state index contributed by atoms with van der Waals surface area (Å²) in [5.74, 6) is 0. The molecule has 4 heteroatoms. The molecule has 1 heterocycles. The lowest BCUT2D eigenvalue weighted by molar-refractivity contribution is 0.115. The van der Waals surface area contributed by atoms with Gasteiger partial charge in [-0.3, -0.25) is 4.98 Å². The molecule has 2 aromatic rings. The Morgan fingerprint density at radius 1 is 1.17 bits per heavy atom. The number of hydrogen-bond acceptors (Lipinski definition) is 4. The van der Waals surface area contributed by atoms with Gasteiger partial charge in [0.2, 0.25) is 0 Å². The van der Waals surface area contributed by atoms with Crippen LogP contribution >= 0.6 is 0 Å². The summed E-state index contributed by atoms with van der Waals surface area (Å²) >= 11 is 0. The molecule has 0 radical (unpaired) electrons. The molecular formula is C14H19N3O. The smallest absolute Gasteiger partial charge is 0.110 e. The SMILES string of the molecule is CCN(CC)C[C@H](O)c1cnc2ccccc2n1. The van der Waals surface area contributed by atoms with Gasteiger partial charge in [-0.1, -0.05) is 26.0 Å². The van der Waals surface area contributed by atoms with Gasteiger partial charge >= 0.3 is 0 Å². The van der Waals surface area contributed by atoms with Crippen LogP contribution in [0.1, 0.15) is 25.6 Å². The molecule has 1 N–H and O–H groups in total. The van der Waals surface area contributed by atoms with Crippen molar-refractivity contribution in [2.45, 2.75) is 20.0 Å². The van der Waals surface area contributed by atoms with Gasteiger partial charge in [0.25, 0.3) is 0 Å². The zero-order chi connectivity index (χ0) is 13.0. The third-order valence-corrected chi connectivity index (χ3v) is 3.13. The Balaban J connectivity index is 2.19. The van der Waals surface area contributed by atoms with Crippen LogP contribution in [-0.2, 0) is 0 Å². The van der Waals surface area contributed by atoms with E-state index in [1.54, 1.807) is 6.20 Å². The van der Waals surface area contributed by atoms with Crippen LogP contribution in [0.4, 0.5) is 0 Å². The van der Waals surface area contributed by atoms with Gasteiger partial charge in [-0.15, -0.1) is 0 Å². The first kappa shape index (κ1) is 12.9. The number of benzene rings is 1. The lowest BCUT2D eigenvalue weighted by Gasteiger charge is -2.21. The Morgan fingerprint density at radius 2 is 1.83 bits per heavy atom. The minimum Gasteiger partial charge on any atom is -0.385 e. The van der Waals surface area contributed by atoms with E-state index in [4.69, 9.17) is 0 Å². The molecule has 0 spiro atoms. The lowest BCUT2D eigenvalue weighted by atomic mass is 10.2.